The van der Waals surface area contributed by atoms with Gasteiger partial charge in [-0.15, -0.1) is 0 Å². The zero-order chi connectivity index (χ0) is 9.42. The highest BCUT2D eigenvalue weighted by molar-refractivity contribution is 5.16. The molecule has 1 saturated heterocycles. The van der Waals surface area contributed by atoms with Crippen LogP contribution in [0, 0.1) is 5.92 Å². The van der Waals surface area contributed by atoms with Gasteiger partial charge in [0.1, 0.15) is 6.23 Å². The van der Waals surface area contributed by atoms with Crippen molar-refractivity contribution in [3.8, 4) is 0 Å². The Labute approximate surface area is 80.2 Å². The quantitative estimate of drug-likeness (QED) is 0.623. The van der Waals surface area contributed by atoms with E-state index in [2.05, 4.69) is 17.9 Å². The summed E-state index contributed by atoms with van der Waals surface area (Å²) in [6.45, 7) is 5.19. The van der Waals surface area contributed by atoms with Crippen LogP contribution in [0.5, 0.6) is 0 Å². The summed E-state index contributed by atoms with van der Waals surface area (Å²) in [5, 5.41) is 9.61. The molecule has 3 atom stereocenters. The highest BCUT2D eigenvalue weighted by Gasteiger charge is 2.36. The van der Waals surface area contributed by atoms with Gasteiger partial charge in [0, 0.05) is 12.6 Å². The summed E-state index contributed by atoms with van der Waals surface area (Å²) >= 11 is 0. The summed E-state index contributed by atoms with van der Waals surface area (Å²) in [6, 6.07) is 0.591. The molecule has 0 bridgehead atoms. The minimum Gasteiger partial charge on any atom is -0.379 e. The predicted octanol–water partition coefficient (Wildman–Crippen LogP) is 1.76. The molecule has 2 heteroatoms. The number of fused-ring (bicyclic) bond motifs is 1. The van der Waals surface area contributed by atoms with Crippen molar-refractivity contribution >= 4 is 0 Å². The molecule has 0 amide bonds. The molecule has 0 aromatic heterocycles. The molecule has 1 N–H and O–H groups in total. The van der Waals surface area contributed by atoms with Gasteiger partial charge in [0.05, 0.1) is 0 Å². The van der Waals surface area contributed by atoms with E-state index in [9.17, 15) is 5.11 Å². The van der Waals surface area contributed by atoms with E-state index in [1.54, 1.807) is 0 Å². The zero-order valence-electron chi connectivity index (χ0n) is 8.53. The summed E-state index contributed by atoms with van der Waals surface area (Å²) in [7, 11) is 0. The Balaban J connectivity index is 2.10. The molecule has 1 fully saturated rings. The van der Waals surface area contributed by atoms with Gasteiger partial charge in [-0.05, 0) is 39.0 Å². The molecule has 0 aromatic rings. The second-order valence-electron chi connectivity index (χ2n) is 4.37. The van der Waals surface area contributed by atoms with E-state index in [0.717, 1.165) is 18.9 Å². The van der Waals surface area contributed by atoms with E-state index in [0.29, 0.717) is 6.04 Å². The van der Waals surface area contributed by atoms with Crippen LogP contribution in [0.1, 0.15) is 33.1 Å². The Hall–Kier alpha value is -0.340. The fraction of sp³-hybridized carbons (Fsp3) is 0.818. The lowest BCUT2D eigenvalue weighted by Gasteiger charge is -2.40. The minimum absolute atomic E-state index is 0.271. The molecular formula is C11H19NO. The summed E-state index contributed by atoms with van der Waals surface area (Å²) < 4.78 is 0. The van der Waals surface area contributed by atoms with E-state index in [4.69, 9.17) is 0 Å². The second kappa shape index (κ2) is 3.43. The van der Waals surface area contributed by atoms with Gasteiger partial charge in [0.25, 0.3) is 0 Å². The average Bonchev–Trinajstić information content (AvgIpc) is 2.48. The number of hydrogen-bond acceptors (Lipinski definition) is 2. The second-order valence-corrected chi connectivity index (χ2v) is 4.37. The molecule has 13 heavy (non-hydrogen) atoms. The lowest BCUT2D eigenvalue weighted by Crippen LogP contribution is -2.47. The minimum atomic E-state index is -0.271. The van der Waals surface area contributed by atoms with Crippen molar-refractivity contribution in [2.45, 2.75) is 45.4 Å². The maximum Gasteiger partial charge on any atom is 0.104 e. The highest BCUT2D eigenvalue weighted by atomic mass is 16.3. The number of aliphatic hydroxyl groups excluding tert-OH is 1. The third-order valence-electron chi connectivity index (χ3n) is 3.57. The average molecular weight is 181 g/mol. The smallest absolute Gasteiger partial charge is 0.104 e. The molecule has 1 heterocycles. The number of aliphatic hydroxyl groups is 1. The van der Waals surface area contributed by atoms with E-state index >= 15 is 0 Å². The van der Waals surface area contributed by atoms with Gasteiger partial charge in [-0.25, -0.2) is 0 Å². The first-order valence-electron chi connectivity index (χ1n) is 5.30. The van der Waals surface area contributed by atoms with Crippen molar-refractivity contribution < 1.29 is 5.11 Å². The van der Waals surface area contributed by atoms with Crippen LogP contribution < -0.4 is 0 Å². The maximum absolute atomic E-state index is 9.61. The Morgan fingerprint density at radius 1 is 1.62 bits per heavy atom. The number of hydrogen-bond donors (Lipinski definition) is 1. The molecule has 2 aliphatic rings. The first-order chi connectivity index (χ1) is 6.20. The SMILES string of the molecule is CC1=CCC2C1CCCN2C(C)O. The Kier molecular flexibility index (Phi) is 2.43. The Morgan fingerprint density at radius 3 is 3.08 bits per heavy atom. The van der Waals surface area contributed by atoms with Crippen molar-refractivity contribution in [3.63, 3.8) is 0 Å². The van der Waals surface area contributed by atoms with Crippen LogP contribution in [0.15, 0.2) is 11.6 Å². The van der Waals surface area contributed by atoms with Crippen molar-refractivity contribution in [3.05, 3.63) is 11.6 Å². The van der Waals surface area contributed by atoms with Crippen molar-refractivity contribution in [2.75, 3.05) is 6.54 Å². The van der Waals surface area contributed by atoms with Crippen LogP contribution in [0.2, 0.25) is 0 Å². The van der Waals surface area contributed by atoms with Crippen LogP contribution >= 0.6 is 0 Å². The van der Waals surface area contributed by atoms with Gasteiger partial charge in [0.15, 0.2) is 0 Å². The van der Waals surface area contributed by atoms with Gasteiger partial charge in [0.2, 0.25) is 0 Å². The summed E-state index contributed by atoms with van der Waals surface area (Å²) in [5.41, 5.74) is 1.54. The zero-order valence-corrected chi connectivity index (χ0v) is 8.53. The van der Waals surface area contributed by atoms with E-state index in [1.165, 1.54) is 18.4 Å². The molecule has 3 unspecified atom stereocenters. The lowest BCUT2D eigenvalue weighted by atomic mass is 9.88. The summed E-state index contributed by atoms with van der Waals surface area (Å²) in [5.74, 6) is 0.725. The molecule has 1 aliphatic heterocycles. The van der Waals surface area contributed by atoms with Gasteiger partial charge >= 0.3 is 0 Å². The lowest BCUT2D eigenvalue weighted by molar-refractivity contribution is -0.0376. The number of likely N-dealkylation sites (tertiary alicyclic amines) is 1. The molecule has 2 rings (SSSR count). The molecule has 74 valence electrons. The molecule has 0 aromatic carbocycles. The third-order valence-corrected chi connectivity index (χ3v) is 3.57. The molecule has 2 nitrogen and oxygen atoms in total. The number of piperidine rings is 1. The van der Waals surface area contributed by atoms with Crippen LogP contribution in [-0.2, 0) is 0 Å². The molecule has 0 radical (unpaired) electrons. The molecule has 0 saturated carbocycles. The van der Waals surface area contributed by atoms with E-state index in [1.807, 2.05) is 6.92 Å². The highest BCUT2D eigenvalue weighted by Crippen LogP contribution is 2.37. The molecular weight excluding hydrogens is 162 g/mol. The summed E-state index contributed by atoms with van der Waals surface area (Å²) in [6.07, 6.45) is 5.76. The Bertz CT molecular complexity index is 222. The fourth-order valence-electron chi connectivity index (χ4n) is 2.84. The molecule has 1 aliphatic carbocycles. The van der Waals surface area contributed by atoms with Gasteiger partial charge < -0.3 is 5.11 Å². The summed E-state index contributed by atoms with van der Waals surface area (Å²) in [4.78, 5) is 2.25. The van der Waals surface area contributed by atoms with Crippen LogP contribution in [0.3, 0.4) is 0 Å². The third kappa shape index (κ3) is 1.53. The van der Waals surface area contributed by atoms with Crippen molar-refractivity contribution in [1.82, 2.24) is 4.90 Å². The van der Waals surface area contributed by atoms with Crippen LogP contribution in [-0.4, -0.2) is 28.8 Å². The van der Waals surface area contributed by atoms with Crippen molar-refractivity contribution in [2.24, 2.45) is 5.92 Å². The Morgan fingerprint density at radius 2 is 2.38 bits per heavy atom. The topological polar surface area (TPSA) is 23.5 Å². The largest absolute Gasteiger partial charge is 0.379 e. The standard InChI is InChI=1S/C11H19NO/c1-8-5-6-11-10(8)4-3-7-12(11)9(2)13/h5,9-11,13H,3-4,6-7H2,1-2H3. The van der Waals surface area contributed by atoms with Gasteiger partial charge in [-0.1, -0.05) is 11.6 Å². The monoisotopic (exact) mass is 181 g/mol. The maximum atomic E-state index is 9.61. The fourth-order valence-corrected chi connectivity index (χ4v) is 2.84. The molecule has 0 spiro atoms. The number of rotatable bonds is 1. The first kappa shape index (κ1) is 9.22. The van der Waals surface area contributed by atoms with Crippen LogP contribution in [0.4, 0.5) is 0 Å². The number of nitrogens with zero attached hydrogens (tertiary/aromatic N) is 1. The van der Waals surface area contributed by atoms with Crippen LogP contribution in [0.25, 0.3) is 0 Å². The van der Waals surface area contributed by atoms with E-state index < -0.39 is 0 Å². The van der Waals surface area contributed by atoms with Gasteiger partial charge in [-0.2, -0.15) is 0 Å². The first-order valence-corrected chi connectivity index (χ1v) is 5.30. The van der Waals surface area contributed by atoms with E-state index in [-0.39, 0.29) is 6.23 Å². The predicted molar refractivity (Wildman–Crippen MR) is 53.3 cm³/mol. The van der Waals surface area contributed by atoms with Crippen molar-refractivity contribution in [1.29, 1.82) is 0 Å². The van der Waals surface area contributed by atoms with Gasteiger partial charge in [-0.3, -0.25) is 4.90 Å². The normalized spacial score (nSPS) is 37.0.